The molecular formula is C12H14F3NO8S2. The first-order valence-corrected chi connectivity index (χ1v) is 9.68. The van der Waals surface area contributed by atoms with Crippen LogP contribution < -0.4 is 0 Å². The molecule has 3 heterocycles. The second kappa shape index (κ2) is 6.51. The fourth-order valence-corrected chi connectivity index (χ4v) is 5.08. The number of hydrogen-bond donors (Lipinski definition) is 0. The standard InChI is InChI=1S/C12H14F3NO8S2/c1-21-5-6-8(23-6)10-16(4(3-25-10)11(18)22-2)9(17)7(5)24-26(19,20)12(13,14)15/h4-8,10H,3H2,1-2H3/t4-,5+,6+,7-,8+,10+/m0/s1. The van der Waals surface area contributed by atoms with Crippen molar-refractivity contribution in [3.63, 3.8) is 0 Å². The smallest absolute Gasteiger partial charge is 0.467 e. The summed E-state index contributed by atoms with van der Waals surface area (Å²) in [6.07, 6.45) is -4.98. The van der Waals surface area contributed by atoms with Crippen LogP contribution in [0.3, 0.4) is 0 Å². The summed E-state index contributed by atoms with van der Waals surface area (Å²) in [5.41, 5.74) is -5.72. The van der Waals surface area contributed by atoms with Crippen molar-refractivity contribution >= 4 is 33.8 Å². The van der Waals surface area contributed by atoms with Gasteiger partial charge in [-0.25, -0.2) is 8.98 Å². The van der Waals surface area contributed by atoms with E-state index in [9.17, 15) is 31.2 Å². The summed E-state index contributed by atoms with van der Waals surface area (Å²) < 4.78 is 80.1. The number of ether oxygens (including phenoxy) is 3. The monoisotopic (exact) mass is 421 g/mol. The Morgan fingerprint density at radius 2 is 1.96 bits per heavy atom. The van der Waals surface area contributed by atoms with Crippen molar-refractivity contribution in [1.82, 2.24) is 4.90 Å². The van der Waals surface area contributed by atoms with Crippen molar-refractivity contribution < 1.29 is 49.6 Å². The molecule has 0 radical (unpaired) electrons. The van der Waals surface area contributed by atoms with Gasteiger partial charge in [-0.2, -0.15) is 21.6 Å². The molecule has 26 heavy (non-hydrogen) atoms. The lowest BCUT2D eigenvalue weighted by Gasteiger charge is -2.30. The van der Waals surface area contributed by atoms with Crippen LogP contribution in [0.4, 0.5) is 13.2 Å². The average molecular weight is 421 g/mol. The molecule has 0 aliphatic carbocycles. The van der Waals surface area contributed by atoms with Gasteiger partial charge in [0.05, 0.1) is 7.11 Å². The normalized spacial score (nSPS) is 37.0. The second-order valence-electron chi connectivity index (χ2n) is 5.69. The van der Waals surface area contributed by atoms with Crippen LogP contribution in [-0.4, -0.2) is 86.5 Å². The highest BCUT2D eigenvalue weighted by atomic mass is 32.2. The molecule has 0 unspecified atom stereocenters. The van der Waals surface area contributed by atoms with Crippen LogP contribution in [0.5, 0.6) is 0 Å². The van der Waals surface area contributed by atoms with E-state index in [4.69, 9.17) is 9.47 Å². The van der Waals surface area contributed by atoms with E-state index in [-0.39, 0.29) is 5.75 Å². The largest absolute Gasteiger partial charge is 0.523 e. The molecule has 3 rings (SSSR count). The Hall–Kier alpha value is -1.09. The van der Waals surface area contributed by atoms with Gasteiger partial charge in [-0.15, -0.1) is 11.8 Å². The van der Waals surface area contributed by atoms with E-state index in [2.05, 4.69) is 8.92 Å². The molecule has 0 aromatic rings. The summed E-state index contributed by atoms with van der Waals surface area (Å²) in [6, 6.07) is -1.09. The van der Waals surface area contributed by atoms with Gasteiger partial charge in [0.25, 0.3) is 5.91 Å². The van der Waals surface area contributed by atoms with E-state index in [1.165, 1.54) is 11.8 Å². The van der Waals surface area contributed by atoms with Crippen LogP contribution in [0, 0.1) is 0 Å². The lowest BCUT2D eigenvalue weighted by atomic mass is 10.1. The number of epoxide rings is 1. The molecule has 3 saturated heterocycles. The van der Waals surface area contributed by atoms with Crippen LogP contribution in [0.2, 0.25) is 0 Å². The number of carbonyl (C=O) groups is 2. The SMILES string of the molecule is COC(=O)[C@@H]1CS[C@@H]2[C@@H]3O[C@@H]3[C@@H](OC)[C@H](OS(=O)(=O)C(F)(F)F)C(=O)N21. The summed E-state index contributed by atoms with van der Waals surface area (Å²) in [7, 11) is -3.88. The van der Waals surface area contributed by atoms with E-state index in [0.29, 0.717) is 0 Å². The minimum absolute atomic E-state index is 0.131. The molecule has 148 valence electrons. The Labute approximate surface area is 150 Å². The molecule has 1 amide bonds. The lowest BCUT2D eigenvalue weighted by Crippen LogP contribution is -2.54. The molecule has 0 saturated carbocycles. The van der Waals surface area contributed by atoms with E-state index in [1.807, 2.05) is 0 Å². The Morgan fingerprint density at radius 3 is 2.50 bits per heavy atom. The third-order valence-corrected chi connectivity index (χ3v) is 6.63. The summed E-state index contributed by atoms with van der Waals surface area (Å²) in [4.78, 5) is 25.7. The number of hydrogen-bond acceptors (Lipinski definition) is 9. The number of methoxy groups -OCH3 is 2. The third-order valence-electron chi connectivity index (χ3n) is 4.26. The maximum absolute atomic E-state index is 12.8. The van der Waals surface area contributed by atoms with Crippen LogP contribution in [0.25, 0.3) is 0 Å². The molecule has 6 atom stereocenters. The van der Waals surface area contributed by atoms with Gasteiger partial charge in [-0.3, -0.25) is 4.79 Å². The average Bonchev–Trinajstić information content (AvgIpc) is 3.22. The quantitative estimate of drug-likeness (QED) is 0.256. The van der Waals surface area contributed by atoms with Crippen molar-refractivity contribution in [1.29, 1.82) is 0 Å². The number of alkyl halides is 3. The first-order valence-electron chi connectivity index (χ1n) is 7.23. The van der Waals surface area contributed by atoms with Crippen molar-refractivity contribution in [2.75, 3.05) is 20.0 Å². The maximum Gasteiger partial charge on any atom is 0.523 e. The summed E-state index contributed by atoms with van der Waals surface area (Å²) >= 11 is 1.18. The molecule has 0 spiro atoms. The topological polar surface area (TPSA) is 112 Å². The van der Waals surface area contributed by atoms with E-state index >= 15 is 0 Å². The highest BCUT2D eigenvalue weighted by Crippen LogP contribution is 2.47. The predicted octanol–water partition coefficient (Wildman–Crippen LogP) is -0.540. The Morgan fingerprint density at radius 1 is 1.31 bits per heavy atom. The van der Waals surface area contributed by atoms with Crippen LogP contribution >= 0.6 is 11.8 Å². The van der Waals surface area contributed by atoms with Crippen LogP contribution in [-0.2, 0) is 38.1 Å². The van der Waals surface area contributed by atoms with Crippen LogP contribution in [0.1, 0.15) is 0 Å². The number of rotatable bonds is 4. The van der Waals surface area contributed by atoms with E-state index < -0.39 is 63.3 Å². The second-order valence-corrected chi connectivity index (χ2v) is 8.40. The van der Waals surface area contributed by atoms with E-state index in [1.54, 1.807) is 0 Å². The van der Waals surface area contributed by atoms with Gasteiger partial charge in [-0.1, -0.05) is 0 Å². The number of esters is 1. The molecule has 14 heteroatoms. The summed E-state index contributed by atoms with van der Waals surface area (Å²) in [5.74, 6) is -1.75. The molecule has 0 bridgehead atoms. The number of carbonyl (C=O) groups excluding carboxylic acids is 2. The zero-order valence-corrected chi connectivity index (χ0v) is 15.0. The number of fused-ring (bicyclic) bond motifs is 3. The Bertz CT molecular complexity index is 714. The molecule has 3 aliphatic heterocycles. The first-order chi connectivity index (χ1) is 12.0. The fourth-order valence-electron chi connectivity index (χ4n) is 3.01. The third kappa shape index (κ3) is 3.06. The van der Waals surface area contributed by atoms with Crippen molar-refractivity contribution in [3.8, 4) is 0 Å². The Balaban J connectivity index is 1.97. The van der Waals surface area contributed by atoms with Gasteiger partial charge in [0.15, 0.2) is 6.10 Å². The van der Waals surface area contributed by atoms with Gasteiger partial charge < -0.3 is 19.1 Å². The zero-order chi connectivity index (χ0) is 19.4. The maximum atomic E-state index is 12.8. The number of nitrogens with zero attached hydrogens (tertiary/aromatic N) is 1. The van der Waals surface area contributed by atoms with Gasteiger partial charge in [0.1, 0.15) is 29.7 Å². The van der Waals surface area contributed by atoms with E-state index in [0.717, 1.165) is 19.1 Å². The fraction of sp³-hybridized carbons (Fsp3) is 0.833. The van der Waals surface area contributed by atoms with Crippen molar-refractivity contribution in [2.45, 2.75) is 41.3 Å². The van der Waals surface area contributed by atoms with Crippen LogP contribution in [0.15, 0.2) is 0 Å². The summed E-state index contributed by atoms with van der Waals surface area (Å²) in [6.45, 7) is 0. The predicted molar refractivity (Wildman–Crippen MR) is 78.2 cm³/mol. The first kappa shape index (κ1) is 19.7. The van der Waals surface area contributed by atoms with Gasteiger partial charge in [0.2, 0.25) is 0 Å². The van der Waals surface area contributed by atoms with Crippen molar-refractivity contribution in [3.05, 3.63) is 0 Å². The molecule has 3 aliphatic rings. The number of thioether (sulfide) groups is 1. The molecule has 0 N–H and O–H groups in total. The highest BCUT2D eigenvalue weighted by molar-refractivity contribution is 8.00. The molecule has 9 nitrogen and oxygen atoms in total. The molecule has 0 aromatic carbocycles. The molecule has 3 fully saturated rings. The van der Waals surface area contributed by atoms with Gasteiger partial charge >= 0.3 is 21.6 Å². The van der Waals surface area contributed by atoms with Gasteiger partial charge in [0, 0.05) is 12.9 Å². The molecular weight excluding hydrogens is 407 g/mol. The lowest BCUT2D eigenvalue weighted by molar-refractivity contribution is -0.158. The zero-order valence-electron chi connectivity index (χ0n) is 13.3. The Kier molecular flexibility index (Phi) is 4.92. The van der Waals surface area contributed by atoms with Gasteiger partial charge in [-0.05, 0) is 0 Å². The number of amides is 1. The van der Waals surface area contributed by atoms with Crippen molar-refractivity contribution in [2.24, 2.45) is 0 Å². The summed E-state index contributed by atoms with van der Waals surface area (Å²) in [5, 5.41) is -0.684. The minimum Gasteiger partial charge on any atom is -0.467 e. The highest BCUT2D eigenvalue weighted by Gasteiger charge is 2.65. The minimum atomic E-state index is -6.07. The number of halogens is 3. The molecule has 0 aromatic heterocycles.